The maximum atomic E-state index is 5.79. The Labute approximate surface area is 110 Å². The molecule has 0 spiro atoms. The molecule has 1 aromatic carbocycles. The fourth-order valence-corrected chi connectivity index (χ4v) is 1.57. The number of benzene rings is 1. The van der Waals surface area contributed by atoms with Crippen molar-refractivity contribution in [1.82, 2.24) is 9.97 Å². The van der Waals surface area contributed by atoms with E-state index in [1.807, 2.05) is 6.92 Å². The normalized spacial score (nSPS) is 10.2. The van der Waals surface area contributed by atoms with Gasteiger partial charge in [0.1, 0.15) is 18.2 Å². The van der Waals surface area contributed by atoms with Gasteiger partial charge < -0.3 is 10.2 Å². The van der Waals surface area contributed by atoms with E-state index in [2.05, 4.69) is 15.4 Å². The van der Waals surface area contributed by atoms with Crippen LogP contribution in [0.2, 0.25) is 5.02 Å². The molecule has 3 N–H and O–H groups in total. The summed E-state index contributed by atoms with van der Waals surface area (Å²) in [7, 11) is 0. The summed E-state index contributed by atoms with van der Waals surface area (Å²) >= 11 is 5.79. The SMILES string of the molecule is Cc1cc(NN)nc(COc2ccc(Cl)cc2)n1. The van der Waals surface area contributed by atoms with Crippen LogP contribution in [0.1, 0.15) is 11.5 Å². The van der Waals surface area contributed by atoms with Crippen LogP contribution in [0.15, 0.2) is 30.3 Å². The Balaban J connectivity index is 2.05. The van der Waals surface area contributed by atoms with Crippen molar-refractivity contribution in [2.75, 3.05) is 5.43 Å². The zero-order valence-electron chi connectivity index (χ0n) is 9.85. The standard InChI is InChI=1S/C12H13ClN4O/c1-8-6-11(17-14)16-12(15-8)7-18-10-4-2-9(13)3-5-10/h2-6H,7,14H2,1H3,(H,15,16,17). The van der Waals surface area contributed by atoms with Gasteiger partial charge in [-0.25, -0.2) is 15.8 Å². The second-order valence-electron chi connectivity index (χ2n) is 3.70. The van der Waals surface area contributed by atoms with Crippen LogP contribution in [0.5, 0.6) is 5.75 Å². The lowest BCUT2D eigenvalue weighted by Gasteiger charge is -2.07. The molecule has 0 amide bonds. The van der Waals surface area contributed by atoms with Crippen LogP contribution in [0, 0.1) is 6.92 Å². The second kappa shape index (κ2) is 5.66. The number of anilines is 1. The summed E-state index contributed by atoms with van der Waals surface area (Å²) in [5.74, 6) is 7.16. The molecule has 1 heterocycles. The van der Waals surface area contributed by atoms with Gasteiger partial charge in [0, 0.05) is 16.8 Å². The number of nitrogen functional groups attached to an aromatic ring is 1. The molecule has 2 aromatic rings. The van der Waals surface area contributed by atoms with Gasteiger partial charge in [-0.05, 0) is 31.2 Å². The molecular weight excluding hydrogens is 252 g/mol. The quantitative estimate of drug-likeness (QED) is 0.655. The number of ether oxygens (including phenoxy) is 1. The van der Waals surface area contributed by atoms with Crippen LogP contribution < -0.4 is 16.0 Å². The molecule has 0 saturated heterocycles. The Bertz CT molecular complexity index is 530. The summed E-state index contributed by atoms with van der Waals surface area (Å²) in [5, 5.41) is 0.670. The Kier molecular flexibility index (Phi) is 3.96. The first kappa shape index (κ1) is 12.6. The predicted molar refractivity (Wildman–Crippen MR) is 70.4 cm³/mol. The topological polar surface area (TPSA) is 73.1 Å². The summed E-state index contributed by atoms with van der Waals surface area (Å²) in [6.07, 6.45) is 0. The van der Waals surface area contributed by atoms with Gasteiger partial charge in [0.05, 0.1) is 0 Å². The molecule has 0 atom stereocenters. The maximum absolute atomic E-state index is 5.79. The van der Waals surface area contributed by atoms with E-state index in [1.165, 1.54) is 0 Å². The zero-order valence-corrected chi connectivity index (χ0v) is 10.6. The molecule has 5 nitrogen and oxygen atoms in total. The van der Waals surface area contributed by atoms with Crippen molar-refractivity contribution < 1.29 is 4.74 Å². The van der Waals surface area contributed by atoms with Gasteiger partial charge in [-0.2, -0.15) is 0 Å². The number of aryl methyl sites for hydroxylation is 1. The lowest BCUT2D eigenvalue weighted by molar-refractivity contribution is 0.295. The van der Waals surface area contributed by atoms with Crippen LogP contribution in [0.25, 0.3) is 0 Å². The Hall–Kier alpha value is -1.85. The van der Waals surface area contributed by atoms with Gasteiger partial charge in [-0.3, -0.25) is 0 Å². The summed E-state index contributed by atoms with van der Waals surface area (Å²) in [5.41, 5.74) is 3.32. The Morgan fingerprint density at radius 1 is 1.28 bits per heavy atom. The lowest BCUT2D eigenvalue weighted by atomic mass is 10.3. The van der Waals surface area contributed by atoms with E-state index in [4.69, 9.17) is 22.2 Å². The fourth-order valence-electron chi connectivity index (χ4n) is 1.45. The molecule has 0 aliphatic carbocycles. The number of hydrazine groups is 1. The molecule has 18 heavy (non-hydrogen) atoms. The minimum atomic E-state index is 0.276. The van der Waals surface area contributed by atoms with E-state index in [-0.39, 0.29) is 6.61 Å². The number of aromatic nitrogens is 2. The molecule has 2 rings (SSSR count). The van der Waals surface area contributed by atoms with E-state index in [0.717, 1.165) is 5.69 Å². The molecule has 0 unspecified atom stereocenters. The van der Waals surface area contributed by atoms with Crippen LogP contribution in [-0.2, 0) is 6.61 Å². The third kappa shape index (κ3) is 3.32. The zero-order chi connectivity index (χ0) is 13.0. The highest BCUT2D eigenvalue weighted by atomic mass is 35.5. The van der Waals surface area contributed by atoms with E-state index < -0.39 is 0 Å². The van der Waals surface area contributed by atoms with Crippen molar-refractivity contribution in [3.63, 3.8) is 0 Å². The molecule has 0 saturated carbocycles. The van der Waals surface area contributed by atoms with Crippen molar-refractivity contribution >= 4 is 17.4 Å². The van der Waals surface area contributed by atoms with E-state index >= 15 is 0 Å². The monoisotopic (exact) mass is 264 g/mol. The fraction of sp³-hybridized carbons (Fsp3) is 0.167. The van der Waals surface area contributed by atoms with Crippen molar-refractivity contribution in [1.29, 1.82) is 0 Å². The summed E-state index contributed by atoms with van der Waals surface area (Å²) in [6, 6.07) is 8.87. The van der Waals surface area contributed by atoms with Gasteiger partial charge in [0.2, 0.25) is 0 Å². The lowest BCUT2D eigenvalue weighted by Crippen LogP contribution is -2.12. The number of nitrogens with one attached hydrogen (secondary N) is 1. The largest absolute Gasteiger partial charge is 0.486 e. The van der Waals surface area contributed by atoms with Gasteiger partial charge in [-0.15, -0.1) is 0 Å². The highest BCUT2D eigenvalue weighted by Crippen LogP contribution is 2.16. The Morgan fingerprint density at radius 3 is 2.67 bits per heavy atom. The number of hydrogen-bond acceptors (Lipinski definition) is 5. The van der Waals surface area contributed by atoms with Crippen LogP contribution in [-0.4, -0.2) is 9.97 Å². The first-order chi connectivity index (χ1) is 8.67. The van der Waals surface area contributed by atoms with Crippen molar-refractivity contribution in [3.8, 4) is 5.75 Å². The minimum absolute atomic E-state index is 0.276. The number of nitrogens with two attached hydrogens (primary N) is 1. The average Bonchev–Trinajstić information content (AvgIpc) is 2.37. The molecule has 94 valence electrons. The highest BCUT2D eigenvalue weighted by Gasteiger charge is 2.02. The second-order valence-corrected chi connectivity index (χ2v) is 4.13. The number of hydrogen-bond donors (Lipinski definition) is 2. The van der Waals surface area contributed by atoms with E-state index in [0.29, 0.717) is 22.4 Å². The number of rotatable bonds is 4. The van der Waals surface area contributed by atoms with Crippen LogP contribution >= 0.6 is 11.6 Å². The average molecular weight is 265 g/mol. The van der Waals surface area contributed by atoms with Crippen molar-refractivity contribution in [2.24, 2.45) is 5.84 Å². The van der Waals surface area contributed by atoms with Crippen molar-refractivity contribution in [2.45, 2.75) is 13.5 Å². The van der Waals surface area contributed by atoms with Crippen LogP contribution in [0.3, 0.4) is 0 Å². The van der Waals surface area contributed by atoms with Crippen LogP contribution in [0.4, 0.5) is 5.82 Å². The summed E-state index contributed by atoms with van der Waals surface area (Å²) in [4.78, 5) is 8.44. The number of nitrogens with zero attached hydrogens (tertiary/aromatic N) is 2. The molecule has 0 aliphatic heterocycles. The molecule has 6 heteroatoms. The molecule has 0 radical (unpaired) electrons. The first-order valence-corrected chi connectivity index (χ1v) is 5.75. The molecular formula is C12H13ClN4O. The van der Waals surface area contributed by atoms with Gasteiger partial charge in [-0.1, -0.05) is 11.6 Å². The summed E-state index contributed by atoms with van der Waals surface area (Å²) < 4.78 is 5.55. The summed E-state index contributed by atoms with van der Waals surface area (Å²) in [6.45, 7) is 2.15. The first-order valence-electron chi connectivity index (χ1n) is 5.37. The van der Waals surface area contributed by atoms with Gasteiger partial charge in [0.15, 0.2) is 5.82 Å². The molecule has 0 fully saturated rings. The maximum Gasteiger partial charge on any atom is 0.168 e. The molecule has 0 aliphatic rings. The van der Waals surface area contributed by atoms with Crippen molar-refractivity contribution in [3.05, 3.63) is 46.9 Å². The highest BCUT2D eigenvalue weighted by molar-refractivity contribution is 6.30. The Morgan fingerprint density at radius 2 is 2.00 bits per heavy atom. The van der Waals surface area contributed by atoms with Gasteiger partial charge in [0.25, 0.3) is 0 Å². The third-order valence-electron chi connectivity index (χ3n) is 2.23. The predicted octanol–water partition coefficient (Wildman–Crippen LogP) is 2.30. The smallest absolute Gasteiger partial charge is 0.168 e. The minimum Gasteiger partial charge on any atom is -0.486 e. The number of halogens is 1. The van der Waals surface area contributed by atoms with E-state index in [9.17, 15) is 0 Å². The van der Waals surface area contributed by atoms with E-state index in [1.54, 1.807) is 30.3 Å². The van der Waals surface area contributed by atoms with Gasteiger partial charge >= 0.3 is 0 Å². The molecule has 0 bridgehead atoms. The molecule has 1 aromatic heterocycles. The third-order valence-corrected chi connectivity index (χ3v) is 2.48.